The zero-order chi connectivity index (χ0) is 12.5. The zero-order valence-electron chi connectivity index (χ0n) is 10.7. The predicted molar refractivity (Wildman–Crippen MR) is 70.2 cm³/mol. The smallest absolute Gasteiger partial charge is 0.325 e. The molecule has 0 aliphatic heterocycles. The van der Waals surface area contributed by atoms with Gasteiger partial charge in [-0.2, -0.15) is 0 Å². The van der Waals surface area contributed by atoms with Crippen molar-refractivity contribution in [2.24, 2.45) is 0 Å². The summed E-state index contributed by atoms with van der Waals surface area (Å²) in [7, 11) is 0. The predicted octanol–water partition coefficient (Wildman–Crippen LogP) is 3.00. The van der Waals surface area contributed by atoms with Gasteiger partial charge in [0.1, 0.15) is 6.54 Å². The van der Waals surface area contributed by atoms with Crippen molar-refractivity contribution in [2.75, 3.05) is 18.5 Å². The van der Waals surface area contributed by atoms with Crippen molar-refractivity contribution in [3.63, 3.8) is 0 Å². The standard InChI is InChI=1S/C14H21NO2/c1-3-5-10-17-14(16)11-15-13-8-6-12(4-2)7-9-13/h6-9,15H,3-5,10-11H2,1-2H3. The summed E-state index contributed by atoms with van der Waals surface area (Å²) in [6.45, 7) is 4.94. The van der Waals surface area contributed by atoms with Gasteiger partial charge in [-0.1, -0.05) is 32.4 Å². The maximum Gasteiger partial charge on any atom is 0.325 e. The van der Waals surface area contributed by atoms with Crippen molar-refractivity contribution in [2.45, 2.75) is 33.1 Å². The van der Waals surface area contributed by atoms with E-state index in [1.807, 2.05) is 12.1 Å². The summed E-state index contributed by atoms with van der Waals surface area (Å²) in [5.74, 6) is -0.196. The van der Waals surface area contributed by atoms with Crippen LogP contribution in [0.1, 0.15) is 32.3 Å². The monoisotopic (exact) mass is 235 g/mol. The van der Waals surface area contributed by atoms with Crippen molar-refractivity contribution in [3.05, 3.63) is 29.8 Å². The molecule has 3 nitrogen and oxygen atoms in total. The minimum atomic E-state index is -0.196. The van der Waals surface area contributed by atoms with E-state index in [0.717, 1.165) is 24.9 Å². The number of aryl methyl sites for hydroxylation is 1. The van der Waals surface area contributed by atoms with Crippen molar-refractivity contribution in [1.82, 2.24) is 0 Å². The van der Waals surface area contributed by atoms with Gasteiger partial charge in [0.25, 0.3) is 0 Å². The van der Waals surface area contributed by atoms with Crippen molar-refractivity contribution < 1.29 is 9.53 Å². The van der Waals surface area contributed by atoms with Crippen molar-refractivity contribution >= 4 is 11.7 Å². The summed E-state index contributed by atoms with van der Waals surface area (Å²) in [6, 6.07) is 8.09. The van der Waals surface area contributed by atoms with E-state index < -0.39 is 0 Å². The molecule has 1 rings (SSSR count). The Bertz CT molecular complexity index is 333. The Kier molecular flexibility index (Phi) is 6.15. The van der Waals surface area contributed by atoms with Gasteiger partial charge < -0.3 is 10.1 Å². The second kappa shape index (κ2) is 7.71. The molecule has 1 aromatic carbocycles. The van der Waals surface area contributed by atoms with Crippen molar-refractivity contribution in [3.8, 4) is 0 Å². The molecule has 0 radical (unpaired) electrons. The number of rotatable bonds is 7. The van der Waals surface area contributed by atoms with Gasteiger partial charge in [0, 0.05) is 5.69 Å². The average molecular weight is 235 g/mol. The molecule has 0 saturated heterocycles. The molecule has 0 fully saturated rings. The average Bonchev–Trinajstić information content (AvgIpc) is 2.37. The Morgan fingerprint density at radius 2 is 1.94 bits per heavy atom. The molecule has 0 saturated carbocycles. The van der Waals surface area contributed by atoms with Crippen LogP contribution in [0.5, 0.6) is 0 Å². The molecule has 0 bridgehead atoms. The lowest BCUT2D eigenvalue weighted by Crippen LogP contribution is -2.17. The molecule has 0 atom stereocenters. The highest BCUT2D eigenvalue weighted by atomic mass is 16.5. The molecule has 94 valence electrons. The Morgan fingerprint density at radius 3 is 2.53 bits per heavy atom. The molecule has 0 aliphatic carbocycles. The lowest BCUT2D eigenvalue weighted by Gasteiger charge is -2.07. The summed E-state index contributed by atoms with van der Waals surface area (Å²) in [5.41, 5.74) is 2.25. The molecule has 1 aromatic rings. The van der Waals surface area contributed by atoms with Crippen molar-refractivity contribution in [1.29, 1.82) is 0 Å². The number of unbranched alkanes of at least 4 members (excludes halogenated alkanes) is 1. The number of esters is 1. The fraction of sp³-hybridized carbons (Fsp3) is 0.500. The molecule has 0 amide bonds. The number of anilines is 1. The van der Waals surface area contributed by atoms with Crippen LogP contribution in [0.3, 0.4) is 0 Å². The van der Waals surface area contributed by atoms with Crippen LogP contribution in [-0.2, 0) is 16.0 Å². The van der Waals surface area contributed by atoms with Crippen LogP contribution in [0.15, 0.2) is 24.3 Å². The van der Waals surface area contributed by atoms with Gasteiger partial charge in [-0.3, -0.25) is 4.79 Å². The van der Waals surface area contributed by atoms with E-state index in [4.69, 9.17) is 4.74 Å². The fourth-order valence-corrected chi connectivity index (χ4v) is 1.41. The van der Waals surface area contributed by atoms with E-state index in [1.54, 1.807) is 0 Å². The molecule has 3 heteroatoms. The van der Waals surface area contributed by atoms with Crippen LogP contribution in [-0.4, -0.2) is 19.1 Å². The molecule has 0 unspecified atom stereocenters. The number of nitrogens with one attached hydrogen (secondary N) is 1. The van der Waals surface area contributed by atoms with Gasteiger partial charge in [0.15, 0.2) is 0 Å². The lowest BCUT2D eigenvalue weighted by molar-refractivity contribution is -0.141. The van der Waals surface area contributed by atoms with E-state index in [0.29, 0.717) is 6.61 Å². The SMILES string of the molecule is CCCCOC(=O)CNc1ccc(CC)cc1. The van der Waals surface area contributed by atoms with Crippen LogP contribution in [0, 0.1) is 0 Å². The minimum Gasteiger partial charge on any atom is -0.464 e. The normalized spacial score (nSPS) is 10.0. The quantitative estimate of drug-likeness (QED) is 0.583. The molecule has 17 heavy (non-hydrogen) atoms. The fourth-order valence-electron chi connectivity index (χ4n) is 1.41. The van der Waals surface area contributed by atoms with Gasteiger partial charge in [0.05, 0.1) is 6.61 Å². The highest BCUT2D eigenvalue weighted by Gasteiger charge is 2.01. The van der Waals surface area contributed by atoms with Gasteiger partial charge in [-0.15, -0.1) is 0 Å². The Balaban J connectivity index is 2.27. The van der Waals surface area contributed by atoms with Crippen LogP contribution in [0.25, 0.3) is 0 Å². The maximum atomic E-state index is 11.3. The van der Waals surface area contributed by atoms with E-state index >= 15 is 0 Å². The molecule has 1 N–H and O–H groups in total. The highest BCUT2D eigenvalue weighted by molar-refractivity contribution is 5.74. The minimum absolute atomic E-state index is 0.196. The third-order valence-electron chi connectivity index (χ3n) is 2.56. The maximum absolute atomic E-state index is 11.3. The summed E-state index contributed by atoms with van der Waals surface area (Å²) >= 11 is 0. The van der Waals surface area contributed by atoms with Gasteiger partial charge in [0.2, 0.25) is 0 Å². The Morgan fingerprint density at radius 1 is 1.24 bits per heavy atom. The third-order valence-corrected chi connectivity index (χ3v) is 2.56. The molecular formula is C14H21NO2. The first kappa shape index (κ1) is 13.6. The summed E-state index contributed by atoms with van der Waals surface area (Å²) in [6.07, 6.45) is 3.00. The highest BCUT2D eigenvalue weighted by Crippen LogP contribution is 2.09. The summed E-state index contributed by atoms with van der Waals surface area (Å²) in [5, 5.41) is 3.05. The van der Waals surface area contributed by atoms with E-state index in [1.165, 1.54) is 5.56 Å². The third kappa shape index (κ3) is 5.38. The molecule has 0 aliphatic rings. The van der Waals surface area contributed by atoms with Crippen LogP contribution in [0.4, 0.5) is 5.69 Å². The summed E-state index contributed by atoms with van der Waals surface area (Å²) in [4.78, 5) is 11.3. The van der Waals surface area contributed by atoms with E-state index in [2.05, 4.69) is 31.3 Å². The number of hydrogen-bond acceptors (Lipinski definition) is 3. The van der Waals surface area contributed by atoms with Crippen LogP contribution < -0.4 is 5.32 Å². The van der Waals surface area contributed by atoms with Gasteiger partial charge in [-0.25, -0.2) is 0 Å². The topological polar surface area (TPSA) is 38.3 Å². The number of ether oxygens (including phenoxy) is 1. The second-order valence-corrected chi connectivity index (χ2v) is 3.98. The van der Waals surface area contributed by atoms with Crippen LogP contribution >= 0.6 is 0 Å². The Labute approximate surface area is 103 Å². The molecule has 0 aromatic heterocycles. The number of carbonyl (C=O) groups is 1. The summed E-state index contributed by atoms with van der Waals surface area (Å²) < 4.78 is 5.05. The molecule has 0 heterocycles. The van der Waals surface area contributed by atoms with E-state index in [-0.39, 0.29) is 12.5 Å². The molecule has 0 spiro atoms. The number of benzene rings is 1. The first-order valence-corrected chi connectivity index (χ1v) is 6.24. The number of hydrogen-bond donors (Lipinski definition) is 1. The van der Waals surface area contributed by atoms with Crippen LogP contribution in [0.2, 0.25) is 0 Å². The Hall–Kier alpha value is -1.51. The van der Waals surface area contributed by atoms with Gasteiger partial charge >= 0.3 is 5.97 Å². The van der Waals surface area contributed by atoms with E-state index in [9.17, 15) is 4.79 Å². The largest absolute Gasteiger partial charge is 0.464 e. The van der Waals surface area contributed by atoms with Gasteiger partial charge in [-0.05, 0) is 30.5 Å². The zero-order valence-corrected chi connectivity index (χ0v) is 10.7. The first-order valence-electron chi connectivity index (χ1n) is 6.24. The second-order valence-electron chi connectivity index (χ2n) is 3.98. The first-order chi connectivity index (χ1) is 8.26. The molecular weight excluding hydrogens is 214 g/mol. The lowest BCUT2D eigenvalue weighted by atomic mass is 10.1. The number of carbonyl (C=O) groups excluding carboxylic acids is 1.